The highest BCUT2D eigenvalue weighted by Crippen LogP contribution is 2.36. The van der Waals surface area contributed by atoms with Gasteiger partial charge in [-0.1, -0.05) is 0 Å². The van der Waals surface area contributed by atoms with Crippen LogP contribution >= 0.6 is 15.9 Å². The molecule has 0 amide bonds. The van der Waals surface area contributed by atoms with Gasteiger partial charge in [0.2, 0.25) is 0 Å². The molecule has 0 fully saturated rings. The maximum atomic E-state index is 13.3. The van der Waals surface area contributed by atoms with Crippen LogP contribution in [0.5, 0.6) is 0 Å². The average Bonchev–Trinajstić information content (AvgIpc) is 2.36. The lowest BCUT2D eigenvalue weighted by Gasteiger charge is -2.19. The van der Waals surface area contributed by atoms with Gasteiger partial charge in [-0.3, -0.25) is 0 Å². The summed E-state index contributed by atoms with van der Waals surface area (Å²) in [5, 5.41) is 2.78. The minimum Gasteiger partial charge on any atom is -0.464 e. The van der Waals surface area contributed by atoms with Gasteiger partial charge in [0.15, 0.2) is 0 Å². The molecule has 0 saturated carbocycles. The van der Waals surface area contributed by atoms with Gasteiger partial charge in [0, 0.05) is 10.0 Å². The number of carbonyl (C=O) groups excluding carboxylic acids is 2. The van der Waals surface area contributed by atoms with Crippen LogP contribution in [0.3, 0.4) is 0 Å². The van der Waals surface area contributed by atoms with E-state index in [1.54, 1.807) is 5.94 Å². The highest BCUT2D eigenvalue weighted by molar-refractivity contribution is 9.10. The van der Waals surface area contributed by atoms with Crippen LogP contribution < -0.4 is 5.32 Å². The number of anilines is 1. The second-order valence-corrected chi connectivity index (χ2v) is 4.35. The third-order valence-corrected chi connectivity index (χ3v) is 3.03. The normalized spacial score (nSPS) is 13.1. The average molecular weight is 312 g/mol. The first-order valence-corrected chi connectivity index (χ1v) is 5.67. The highest BCUT2D eigenvalue weighted by Gasteiger charge is 2.23. The van der Waals surface area contributed by atoms with E-state index in [4.69, 9.17) is 0 Å². The third-order valence-electron chi connectivity index (χ3n) is 2.41. The van der Waals surface area contributed by atoms with Gasteiger partial charge < -0.3 is 10.1 Å². The third kappa shape index (κ3) is 2.08. The van der Waals surface area contributed by atoms with Gasteiger partial charge in [0.25, 0.3) is 0 Å². The summed E-state index contributed by atoms with van der Waals surface area (Å²) in [4.78, 5) is 22.3. The van der Waals surface area contributed by atoms with Gasteiger partial charge in [-0.2, -0.15) is 0 Å². The molecule has 6 heteroatoms. The number of hydrogen-bond donors (Lipinski definition) is 1. The van der Waals surface area contributed by atoms with Crippen molar-refractivity contribution in [2.75, 3.05) is 12.4 Å². The molecule has 92 valence electrons. The maximum absolute atomic E-state index is 13.3. The quantitative estimate of drug-likeness (QED) is 0.638. The number of fused-ring (bicyclic) bond motifs is 1. The van der Waals surface area contributed by atoms with E-state index >= 15 is 0 Å². The molecular weight excluding hydrogens is 305 g/mol. The fourth-order valence-electron chi connectivity index (χ4n) is 1.61. The van der Waals surface area contributed by atoms with Gasteiger partial charge >= 0.3 is 5.97 Å². The zero-order valence-corrected chi connectivity index (χ0v) is 10.8. The van der Waals surface area contributed by atoms with E-state index in [9.17, 15) is 14.0 Å². The first kappa shape index (κ1) is 12.5. The van der Waals surface area contributed by atoms with Gasteiger partial charge in [-0.25, -0.2) is 14.0 Å². The summed E-state index contributed by atoms with van der Waals surface area (Å²) in [5.41, 5.74) is 0.946. The second-order valence-electron chi connectivity index (χ2n) is 3.50. The van der Waals surface area contributed by atoms with Gasteiger partial charge in [0.05, 0.1) is 18.4 Å². The predicted molar refractivity (Wildman–Crippen MR) is 66.9 cm³/mol. The highest BCUT2D eigenvalue weighted by atomic mass is 79.9. The van der Waals surface area contributed by atoms with E-state index in [1.165, 1.54) is 25.3 Å². The van der Waals surface area contributed by atoms with Crippen LogP contribution in [-0.2, 0) is 14.3 Å². The lowest BCUT2D eigenvalue weighted by Crippen LogP contribution is -2.17. The molecule has 0 spiro atoms. The molecule has 2 rings (SSSR count). The Balaban J connectivity index is 2.61. The Labute approximate surface area is 110 Å². The molecule has 0 radical (unpaired) electrons. The molecular formula is C12H7BrFNO3. The Morgan fingerprint density at radius 1 is 1.50 bits per heavy atom. The summed E-state index contributed by atoms with van der Waals surface area (Å²) in [5.74, 6) is 0.562. The molecule has 0 unspecified atom stereocenters. The second kappa shape index (κ2) is 4.76. The Kier molecular flexibility index (Phi) is 3.32. The number of halogens is 2. The topological polar surface area (TPSA) is 55.4 Å². The lowest BCUT2D eigenvalue weighted by atomic mass is 10.00. The zero-order chi connectivity index (χ0) is 13.3. The smallest absolute Gasteiger partial charge is 0.354 e. The van der Waals surface area contributed by atoms with Crippen molar-refractivity contribution >= 4 is 39.1 Å². The van der Waals surface area contributed by atoms with E-state index in [-0.39, 0.29) is 11.3 Å². The van der Waals surface area contributed by atoms with Crippen LogP contribution in [-0.4, -0.2) is 19.0 Å². The molecule has 0 saturated heterocycles. The minimum atomic E-state index is -0.621. The predicted octanol–water partition coefficient (Wildman–Crippen LogP) is 2.29. The van der Waals surface area contributed by atoms with Crippen molar-refractivity contribution in [3.05, 3.63) is 39.8 Å². The molecule has 0 bridgehead atoms. The van der Waals surface area contributed by atoms with E-state index in [0.29, 0.717) is 15.7 Å². The van der Waals surface area contributed by atoms with Crippen LogP contribution in [0, 0.1) is 5.82 Å². The Morgan fingerprint density at radius 3 is 2.83 bits per heavy atom. The first-order valence-electron chi connectivity index (χ1n) is 4.88. The van der Waals surface area contributed by atoms with Crippen molar-refractivity contribution in [2.24, 2.45) is 0 Å². The fourth-order valence-corrected chi connectivity index (χ4v) is 2.14. The number of rotatable bonds is 1. The summed E-state index contributed by atoms with van der Waals surface area (Å²) in [6.07, 6.45) is 1.27. The van der Waals surface area contributed by atoms with E-state index in [2.05, 4.69) is 26.0 Å². The molecule has 1 aliphatic heterocycles. The van der Waals surface area contributed by atoms with Crippen molar-refractivity contribution in [2.45, 2.75) is 0 Å². The Hall–Kier alpha value is -1.91. The molecule has 0 aromatic heterocycles. The molecule has 4 nitrogen and oxygen atoms in total. The molecule has 0 aliphatic carbocycles. The van der Waals surface area contributed by atoms with Gasteiger partial charge in [0.1, 0.15) is 17.5 Å². The summed E-state index contributed by atoms with van der Waals surface area (Å²) in [7, 11) is 1.23. The van der Waals surface area contributed by atoms with Crippen molar-refractivity contribution in [3.8, 4) is 0 Å². The molecule has 18 heavy (non-hydrogen) atoms. The fraction of sp³-hybridized carbons (Fsp3) is 0.0833. The Morgan fingerprint density at radius 2 is 2.22 bits per heavy atom. The summed E-state index contributed by atoms with van der Waals surface area (Å²) >= 11 is 3.16. The number of carbonyl (C=O) groups is 1. The number of methoxy groups -OCH3 is 1. The van der Waals surface area contributed by atoms with E-state index < -0.39 is 11.8 Å². The zero-order valence-electron chi connectivity index (χ0n) is 9.21. The standard InChI is InChI=1S/C12H7BrFNO3/c1-18-12(17)10-2-6(5-16)8-3-7(14)4-9(13)11(8)15-10/h2-4,15H,1H3. The number of hydrogen-bond acceptors (Lipinski definition) is 4. The van der Waals surface area contributed by atoms with Crippen molar-refractivity contribution in [1.29, 1.82) is 0 Å². The molecule has 1 aromatic carbocycles. The first-order chi connectivity index (χ1) is 8.56. The van der Waals surface area contributed by atoms with Crippen molar-refractivity contribution < 1.29 is 18.7 Å². The number of esters is 1. The van der Waals surface area contributed by atoms with Gasteiger partial charge in [-0.15, -0.1) is 0 Å². The monoisotopic (exact) mass is 311 g/mol. The SMILES string of the molecule is COC(=O)C1=CC(=C=O)c2cc(F)cc(Br)c2N1. The molecule has 1 aromatic rings. The van der Waals surface area contributed by atoms with E-state index in [1.807, 2.05) is 0 Å². The van der Waals surface area contributed by atoms with Gasteiger partial charge in [-0.05, 0) is 34.1 Å². The largest absolute Gasteiger partial charge is 0.464 e. The summed E-state index contributed by atoms with van der Waals surface area (Å²) in [6.45, 7) is 0. The van der Waals surface area contributed by atoms with Crippen molar-refractivity contribution in [3.63, 3.8) is 0 Å². The van der Waals surface area contributed by atoms with E-state index in [0.717, 1.165) is 0 Å². The number of ether oxygens (including phenoxy) is 1. The number of nitrogens with one attached hydrogen (secondary N) is 1. The summed E-state index contributed by atoms with van der Waals surface area (Å²) in [6, 6.07) is 2.42. The maximum Gasteiger partial charge on any atom is 0.354 e. The van der Waals surface area contributed by atoms with Crippen LogP contribution in [0.25, 0.3) is 5.57 Å². The Bertz CT molecular complexity index is 618. The molecule has 0 atom stereocenters. The molecule has 1 N–H and O–H groups in total. The number of benzene rings is 1. The lowest BCUT2D eigenvalue weighted by molar-refractivity contribution is -0.135. The summed E-state index contributed by atoms with van der Waals surface area (Å²) < 4.78 is 18.2. The molecule has 1 heterocycles. The number of allylic oxidation sites excluding steroid dienone is 2. The van der Waals surface area contributed by atoms with Crippen LogP contribution in [0.1, 0.15) is 5.56 Å². The van der Waals surface area contributed by atoms with Crippen LogP contribution in [0.4, 0.5) is 10.1 Å². The van der Waals surface area contributed by atoms with Crippen LogP contribution in [0.15, 0.2) is 28.4 Å². The van der Waals surface area contributed by atoms with Crippen molar-refractivity contribution in [1.82, 2.24) is 0 Å². The van der Waals surface area contributed by atoms with Crippen LogP contribution in [0.2, 0.25) is 0 Å². The molecule has 1 aliphatic rings. The minimum absolute atomic E-state index is 0.0874.